The van der Waals surface area contributed by atoms with Crippen LogP contribution in [0.4, 0.5) is 17.6 Å². The topological polar surface area (TPSA) is 6.48 Å². The zero-order valence-corrected chi connectivity index (χ0v) is 15.7. The lowest BCUT2D eigenvalue weighted by Gasteiger charge is -2.35. The second kappa shape index (κ2) is 8.06. The van der Waals surface area contributed by atoms with E-state index in [0.717, 1.165) is 6.07 Å². The Morgan fingerprint density at radius 1 is 0.808 bits per heavy atom. The molecule has 0 N–H and O–H groups in total. The van der Waals surface area contributed by atoms with E-state index >= 15 is 0 Å². The van der Waals surface area contributed by atoms with E-state index in [0.29, 0.717) is 48.3 Å². The van der Waals surface area contributed by atoms with E-state index in [4.69, 9.17) is 0 Å². The maximum atomic E-state index is 14.1. The Hall–Kier alpha value is -1.44. The Morgan fingerprint density at radius 2 is 1.35 bits per heavy atom. The van der Waals surface area contributed by atoms with Crippen LogP contribution in [-0.4, -0.2) is 36.0 Å². The monoisotopic (exact) mass is 430 g/mol. The molecule has 0 saturated carbocycles. The van der Waals surface area contributed by atoms with Gasteiger partial charge in [0.15, 0.2) is 0 Å². The van der Waals surface area contributed by atoms with Crippen LogP contribution in [0.5, 0.6) is 0 Å². The highest BCUT2D eigenvalue weighted by Gasteiger charge is 2.33. The fourth-order valence-electron chi connectivity index (χ4n) is 3.19. The fourth-order valence-corrected chi connectivity index (χ4v) is 3.60. The minimum absolute atomic E-state index is 0.256. The number of benzene rings is 2. The maximum Gasteiger partial charge on any atom is 0.416 e. The smallest absolute Gasteiger partial charge is 0.297 e. The number of halogens is 5. The number of rotatable bonds is 4. The molecule has 0 radical (unpaired) electrons. The largest absolute Gasteiger partial charge is 0.416 e. The van der Waals surface area contributed by atoms with E-state index in [1.165, 1.54) is 12.1 Å². The quantitative estimate of drug-likeness (QED) is 0.634. The zero-order valence-electron chi connectivity index (χ0n) is 14.1. The van der Waals surface area contributed by atoms with Gasteiger partial charge in [0.05, 0.1) is 10.0 Å². The standard InChI is InChI=1S/C19H19BrF4N2/c20-17-7-3-5-15(18(17)21)13-26-10-8-25(9-11-26)12-14-4-1-2-6-16(14)19(22,23)24/h1-7H,8-13H2. The summed E-state index contributed by atoms with van der Waals surface area (Å²) < 4.78 is 53.9. The predicted octanol–water partition coefficient (Wildman–Crippen LogP) is 4.92. The van der Waals surface area contributed by atoms with Crippen molar-refractivity contribution >= 4 is 15.9 Å². The van der Waals surface area contributed by atoms with Crippen molar-refractivity contribution in [2.75, 3.05) is 26.2 Å². The Morgan fingerprint density at radius 3 is 1.96 bits per heavy atom. The van der Waals surface area contributed by atoms with Gasteiger partial charge < -0.3 is 0 Å². The maximum absolute atomic E-state index is 14.1. The molecule has 0 bridgehead atoms. The minimum Gasteiger partial charge on any atom is -0.297 e. The van der Waals surface area contributed by atoms with Gasteiger partial charge in [-0.15, -0.1) is 0 Å². The third-order valence-electron chi connectivity index (χ3n) is 4.61. The molecule has 2 nitrogen and oxygen atoms in total. The Bertz CT molecular complexity index is 755. The molecule has 0 amide bonds. The van der Waals surface area contributed by atoms with Crippen molar-refractivity contribution in [1.82, 2.24) is 9.80 Å². The van der Waals surface area contributed by atoms with Gasteiger partial charge in [-0.25, -0.2) is 4.39 Å². The molecular formula is C19H19BrF4N2. The first kappa shape index (κ1) is 19.3. The molecule has 1 heterocycles. The normalized spacial score (nSPS) is 16.8. The first-order valence-electron chi connectivity index (χ1n) is 8.37. The van der Waals surface area contributed by atoms with Gasteiger partial charge in [-0.2, -0.15) is 13.2 Å². The second-order valence-corrected chi connectivity index (χ2v) is 7.27. The summed E-state index contributed by atoms with van der Waals surface area (Å²) in [4.78, 5) is 4.13. The molecule has 1 fully saturated rings. The molecule has 1 aliphatic heterocycles. The molecule has 0 atom stereocenters. The first-order chi connectivity index (χ1) is 12.3. The fraction of sp³-hybridized carbons (Fsp3) is 0.368. The number of hydrogen-bond acceptors (Lipinski definition) is 2. The van der Waals surface area contributed by atoms with E-state index in [9.17, 15) is 17.6 Å². The summed E-state index contributed by atoms with van der Waals surface area (Å²) in [5.74, 6) is -0.256. The van der Waals surface area contributed by atoms with Crippen LogP contribution in [-0.2, 0) is 19.3 Å². The van der Waals surface area contributed by atoms with Gasteiger partial charge in [0, 0.05) is 44.8 Å². The summed E-state index contributed by atoms with van der Waals surface area (Å²) in [6.07, 6.45) is -4.34. The molecule has 0 spiro atoms. The molecule has 2 aromatic carbocycles. The van der Waals surface area contributed by atoms with Gasteiger partial charge in [-0.05, 0) is 33.6 Å². The molecule has 2 aromatic rings. The minimum atomic E-state index is -4.34. The van der Waals surface area contributed by atoms with E-state index in [1.807, 2.05) is 4.90 Å². The number of hydrogen-bond donors (Lipinski definition) is 0. The van der Waals surface area contributed by atoms with Crippen molar-refractivity contribution in [2.45, 2.75) is 19.3 Å². The SMILES string of the molecule is Fc1c(Br)cccc1CN1CCN(Cc2ccccc2C(F)(F)F)CC1. The van der Waals surface area contributed by atoms with E-state index < -0.39 is 11.7 Å². The van der Waals surface area contributed by atoms with Crippen LogP contribution >= 0.6 is 15.9 Å². The van der Waals surface area contributed by atoms with E-state index in [2.05, 4.69) is 20.8 Å². The highest BCUT2D eigenvalue weighted by atomic mass is 79.9. The summed E-state index contributed by atoms with van der Waals surface area (Å²) in [6, 6.07) is 10.9. The summed E-state index contributed by atoms with van der Waals surface area (Å²) in [7, 11) is 0. The molecule has 3 rings (SSSR count). The van der Waals surface area contributed by atoms with Gasteiger partial charge >= 0.3 is 6.18 Å². The van der Waals surface area contributed by atoms with Crippen molar-refractivity contribution in [1.29, 1.82) is 0 Å². The second-order valence-electron chi connectivity index (χ2n) is 6.42. The van der Waals surface area contributed by atoms with Crippen LogP contribution in [0.25, 0.3) is 0 Å². The van der Waals surface area contributed by atoms with Gasteiger partial charge in [0.1, 0.15) is 5.82 Å². The zero-order chi connectivity index (χ0) is 18.7. The highest BCUT2D eigenvalue weighted by Crippen LogP contribution is 2.32. The van der Waals surface area contributed by atoms with Crippen LogP contribution in [0.3, 0.4) is 0 Å². The van der Waals surface area contributed by atoms with Crippen LogP contribution in [0.15, 0.2) is 46.9 Å². The average Bonchev–Trinajstić information content (AvgIpc) is 2.60. The first-order valence-corrected chi connectivity index (χ1v) is 9.16. The third-order valence-corrected chi connectivity index (χ3v) is 5.22. The Labute approximate surface area is 158 Å². The van der Waals surface area contributed by atoms with Crippen molar-refractivity contribution < 1.29 is 17.6 Å². The summed E-state index contributed by atoms with van der Waals surface area (Å²) in [5, 5.41) is 0. The van der Waals surface area contributed by atoms with Crippen molar-refractivity contribution in [2.24, 2.45) is 0 Å². The molecule has 1 aliphatic rings. The summed E-state index contributed by atoms with van der Waals surface area (Å²) in [5.41, 5.74) is 0.348. The lowest BCUT2D eigenvalue weighted by molar-refractivity contribution is -0.138. The van der Waals surface area contributed by atoms with Crippen molar-refractivity contribution in [3.63, 3.8) is 0 Å². The van der Waals surface area contributed by atoms with Gasteiger partial charge in [-0.1, -0.05) is 30.3 Å². The molecular weight excluding hydrogens is 412 g/mol. The molecule has 140 valence electrons. The van der Waals surface area contributed by atoms with E-state index in [1.54, 1.807) is 24.3 Å². The molecule has 0 unspecified atom stereocenters. The van der Waals surface area contributed by atoms with Crippen LogP contribution < -0.4 is 0 Å². The lowest BCUT2D eigenvalue weighted by atomic mass is 10.1. The Kier molecular flexibility index (Phi) is 5.99. The van der Waals surface area contributed by atoms with Crippen LogP contribution in [0.1, 0.15) is 16.7 Å². The van der Waals surface area contributed by atoms with Crippen molar-refractivity contribution in [3.05, 3.63) is 69.4 Å². The molecule has 0 aromatic heterocycles. The number of piperazine rings is 1. The lowest BCUT2D eigenvalue weighted by Crippen LogP contribution is -2.45. The summed E-state index contributed by atoms with van der Waals surface area (Å²) in [6.45, 7) is 3.47. The van der Waals surface area contributed by atoms with E-state index in [-0.39, 0.29) is 12.4 Å². The summed E-state index contributed by atoms with van der Waals surface area (Å²) >= 11 is 3.19. The predicted molar refractivity (Wildman–Crippen MR) is 96.1 cm³/mol. The molecule has 7 heteroatoms. The average molecular weight is 431 g/mol. The van der Waals surface area contributed by atoms with Crippen molar-refractivity contribution in [3.8, 4) is 0 Å². The van der Waals surface area contributed by atoms with Gasteiger partial charge in [0.2, 0.25) is 0 Å². The molecule has 0 aliphatic carbocycles. The van der Waals surface area contributed by atoms with Crippen LogP contribution in [0.2, 0.25) is 0 Å². The highest BCUT2D eigenvalue weighted by molar-refractivity contribution is 9.10. The molecule has 1 saturated heterocycles. The number of alkyl halides is 3. The molecule has 26 heavy (non-hydrogen) atoms. The van der Waals surface area contributed by atoms with Gasteiger partial charge in [-0.3, -0.25) is 9.80 Å². The van der Waals surface area contributed by atoms with Gasteiger partial charge in [0.25, 0.3) is 0 Å². The number of nitrogens with zero attached hydrogens (tertiary/aromatic N) is 2. The third kappa shape index (κ3) is 4.64. The Balaban J connectivity index is 1.59. The van der Waals surface area contributed by atoms with Crippen LogP contribution in [0, 0.1) is 5.82 Å².